The van der Waals surface area contributed by atoms with Crippen LogP contribution in [-0.4, -0.2) is 24.5 Å². The summed E-state index contributed by atoms with van der Waals surface area (Å²) in [5, 5.41) is 11.8. The van der Waals surface area contributed by atoms with Crippen LogP contribution in [0.2, 0.25) is 0 Å². The zero-order chi connectivity index (χ0) is 12.3. The minimum atomic E-state index is -0.378. The molecule has 1 N–H and O–H groups in total. The fourth-order valence-corrected chi connectivity index (χ4v) is 2.10. The number of hydrogen-bond donors (Lipinski definition) is 1. The molecule has 0 spiro atoms. The third-order valence-electron chi connectivity index (χ3n) is 2.97. The number of anilines is 1. The topological polar surface area (TPSA) is 56.1 Å². The van der Waals surface area contributed by atoms with Crippen LogP contribution in [0.25, 0.3) is 0 Å². The van der Waals surface area contributed by atoms with Crippen LogP contribution in [0.4, 0.5) is 5.69 Å². The van der Waals surface area contributed by atoms with Crippen molar-refractivity contribution in [2.45, 2.75) is 25.4 Å². The van der Waals surface area contributed by atoms with Crippen molar-refractivity contribution in [1.29, 1.82) is 5.26 Å². The fourth-order valence-electron chi connectivity index (χ4n) is 2.10. The van der Waals surface area contributed by atoms with Gasteiger partial charge in [-0.25, -0.2) is 0 Å². The Kier molecular flexibility index (Phi) is 3.40. The molecule has 1 aliphatic rings. The van der Waals surface area contributed by atoms with Crippen LogP contribution in [0.1, 0.15) is 13.3 Å². The summed E-state index contributed by atoms with van der Waals surface area (Å²) in [6, 6.07) is 11.4. The van der Waals surface area contributed by atoms with Gasteiger partial charge < -0.3 is 10.2 Å². The van der Waals surface area contributed by atoms with Gasteiger partial charge in [-0.3, -0.25) is 4.79 Å². The highest BCUT2D eigenvalue weighted by atomic mass is 16.2. The van der Waals surface area contributed by atoms with E-state index in [0.717, 1.165) is 5.69 Å². The highest BCUT2D eigenvalue weighted by Crippen LogP contribution is 2.20. The van der Waals surface area contributed by atoms with Crippen molar-refractivity contribution in [3.8, 4) is 6.07 Å². The maximum absolute atomic E-state index is 12.2. The number of rotatable bonds is 2. The number of para-hydroxylation sites is 1. The zero-order valence-electron chi connectivity index (χ0n) is 9.76. The molecule has 1 amide bonds. The summed E-state index contributed by atoms with van der Waals surface area (Å²) in [4.78, 5) is 14.0. The highest BCUT2D eigenvalue weighted by molar-refractivity contribution is 5.98. The van der Waals surface area contributed by atoms with E-state index in [1.807, 2.05) is 43.3 Å². The molecule has 1 aliphatic heterocycles. The Morgan fingerprint density at radius 1 is 1.47 bits per heavy atom. The van der Waals surface area contributed by atoms with Crippen LogP contribution < -0.4 is 10.2 Å². The summed E-state index contributed by atoms with van der Waals surface area (Å²) in [7, 11) is 0. The third kappa shape index (κ3) is 2.29. The van der Waals surface area contributed by atoms with Crippen molar-refractivity contribution < 1.29 is 4.79 Å². The number of carbonyl (C=O) groups excluding carboxylic acids is 1. The molecular weight excluding hydrogens is 214 g/mol. The van der Waals surface area contributed by atoms with Crippen LogP contribution >= 0.6 is 0 Å². The molecule has 0 saturated carbocycles. The van der Waals surface area contributed by atoms with Crippen molar-refractivity contribution >= 4 is 11.6 Å². The maximum Gasteiger partial charge on any atom is 0.245 e. The van der Waals surface area contributed by atoms with E-state index in [-0.39, 0.29) is 24.4 Å². The molecule has 0 radical (unpaired) electrons. The molecule has 88 valence electrons. The Bertz CT molecular complexity index is 438. The first kappa shape index (κ1) is 11.6. The second-order valence-corrected chi connectivity index (χ2v) is 4.22. The van der Waals surface area contributed by atoms with E-state index in [2.05, 4.69) is 5.32 Å². The number of nitrogens with one attached hydrogen (secondary N) is 1. The van der Waals surface area contributed by atoms with E-state index < -0.39 is 0 Å². The number of nitrogens with zero attached hydrogens (tertiary/aromatic N) is 2. The van der Waals surface area contributed by atoms with Gasteiger partial charge in [-0.1, -0.05) is 18.2 Å². The van der Waals surface area contributed by atoms with Gasteiger partial charge in [-0.05, 0) is 19.1 Å². The normalized spacial score (nSPS) is 24.5. The van der Waals surface area contributed by atoms with Crippen LogP contribution in [0.5, 0.6) is 0 Å². The van der Waals surface area contributed by atoms with Gasteiger partial charge in [0.2, 0.25) is 5.91 Å². The largest absolute Gasteiger partial charge is 0.307 e. The van der Waals surface area contributed by atoms with Crippen LogP contribution in [-0.2, 0) is 4.79 Å². The van der Waals surface area contributed by atoms with Gasteiger partial charge in [-0.15, -0.1) is 0 Å². The Morgan fingerprint density at radius 3 is 2.82 bits per heavy atom. The Hall–Kier alpha value is -1.86. The van der Waals surface area contributed by atoms with Gasteiger partial charge in [0.05, 0.1) is 12.5 Å². The molecule has 17 heavy (non-hydrogen) atoms. The molecule has 2 rings (SSSR count). The lowest BCUT2D eigenvalue weighted by atomic mass is 10.1. The number of carbonyl (C=O) groups is 1. The molecule has 0 aliphatic carbocycles. The van der Waals surface area contributed by atoms with Crippen molar-refractivity contribution in [3.63, 3.8) is 0 Å². The first-order valence-electron chi connectivity index (χ1n) is 5.72. The molecule has 2 unspecified atom stereocenters. The van der Waals surface area contributed by atoms with E-state index in [4.69, 9.17) is 5.26 Å². The predicted molar refractivity (Wildman–Crippen MR) is 65.4 cm³/mol. The lowest BCUT2D eigenvalue weighted by Crippen LogP contribution is -2.59. The standard InChI is InChI=1S/C13H15N3O/c1-10-9-15-12(7-8-14)13(17)16(10)11-5-3-2-4-6-11/h2-6,10,12,15H,7,9H2,1H3. The SMILES string of the molecule is CC1CNC(CC#N)C(=O)N1c1ccccc1. The van der Waals surface area contributed by atoms with E-state index >= 15 is 0 Å². The zero-order valence-corrected chi connectivity index (χ0v) is 9.76. The molecule has 1 heterocycles. The summed E-state index contributed by atoms with van der Waals surface area (Å²) in [5.41, 5.74) is 0.898. The predicted octanol–water partition coefficient (Wildman–Crippen LogP) is 1.29. The first-order valence-corrected chi connectivity index (χ1v) is 5.72. The Morgan fingerprint density at radius 2 is 2.18 bits per heavy atom. The minimum Gasteiger partial charge on any atom is -0.307 e. The molecule has 1 fully saturated rings. The van der Waals surface area contributed by atoms with Gasteiger partial charge in [0, 0.05) is 18.3 Å². The van der Waals surface area contributed by atoms with E-state index in [9.17, 15) is 4.79 Å². The second-order valence-electron chi connectivity index (χ2n) is 4.22. The number of hydrogen-bond acceptors (Lipinski definition) is 3. The van der Waals surface area contributed by atoms with Gasteiger partial charge in [0.1, 0.15) is 6.04 Å². The van der Waals surface area contributed by atoms with Gasteiger partial charge >= 0.3 is 0 Å². The third-order valence-corrected chi connectivity index (χ3v) is 2.97. The molecule has 0 bridgehead atoms. The quantitative estimate of drug-likeness (QED) is 0.831. The second kappa shape index (κ2) is 4.98. The summed E-state index contributed by atoms with van der Waals surface area (Å²) in [6.45, 7) is 2.72. The van der Waals surface area contributed by atoms with Crippen molar-refractivity contribution in [3.05, 3.63) is 30.3 Å². The lowest BCUT2D eigenvalue weighted by Gasteiger charge is -2.37. The van der Waals surface area contributed by atoms with Crippen molar-refractivity contribution in [2.75, 3.05) is 11.4 Å². The van der Waals surface area contributed by atoms with E-state index in [0.29, 0.717) is 6.54 Å². The number of piperazine rings is 1. The highest BCUT2D eigenvalue weighted by Gasteiger charge is 2.33. The monoisotopic (exact) mass is 229 g/mol. The summed E-state index contributed by atoms with van der Waals surface area (Å²) >= 11 is 0. The number of nitriles is 1. The number of amides is 1. The fraction of sp³-hybridized carbons (Fsp3) is 0.385. The molecule has 4 nitrogen and oxygen atoms in total. The van der Waals surface area contributed by atoms with Crippen molar-refractivity contribution in [2.24, 2.45) is 0 Å². The molecule has 1 aromatic rings. The summed E-state index contributed by atoms with van der Waals surface area (Å²) in [5.74, 6) is -0.0171. The molecule has 1 aromatic carbocycles. The molecular formula is C13H15N3O. The van der Waals surface area contributed by atoms with E-state index in [1.165, 1.54) is 0 Å². The molecule has 4 heteroatoms. The summed E-state index contributed by atoms with van der Waals surface area (Å²) in [6.07, 6.45) is 0.217. The van der Waals surface area contributed by atoms with Crippen molar-refractivity contribution in [1.82, 2.24) is 5.32 Å². The smallest absolute Gasteiger partial charge is 0.245 e. The maximum atomic E-state index is 12.2. The molecule has 0 aromatic heterocycles. The average Bonchev–Trinajstić information content (AvgIpc) is 2.35. The number of benzene rings is 1. The van der Waals surface area contributed by atoms with E-state index in [1.54, 1.807) is 4.90 Å². The molecule has 2 atom stereocenters. The Balaban J connectivity index is 2.25. The first-order chi connectivity index (χ1) is 8.24. The lowest BCUT2D eigenvalue weighted by molar-refractivity contribution is -0.122. The average molecular weight is 229 g/mol. The van der Waals surface area contributed by atoms with Gasteiger partial charge in [0.15, 0.2) is 0 Å². The van der Waals surface area contributed by atoms with Crippen LogP contribution in [0, 0.1) is 11.3 Å². The molecule has 1 saturated heterocycles. The van der Waals surface area contributed by atoms with Gasteiger partial charge in [0.25, 0.3) is 0 Å². The summed E-state index contributed by atoms with van der Waals surface area (Å²) < 4.78 is 0. The van der Waals surface area contributed by atoms with Crippen LogP contribution in [0.3, 0.4) is 0 Å². The van der Waals surface area contributed by atoms with Gasteiger partial charge in [-0.2, -0.15) is 5.26 Å². The van der Waals surface area contributed by atoms with Crippen LogP contribution in [0.15, 0.2) is 30.3 Å². The Labute approximate surface area is 101 Å². The minimum absolute atomic E-state index is 0.0171.